The lowest BCUT2D eigenvalue weighted by Gasteiger charge is -2.37. The molecule has 2 aliphatic rings. The standard InChI is InChI=1S/C17H29N5O/c1-15-5-2-3-12-21(15)14-11-19-16(23)17(6-9-18-10-7-17)22-13-4-8-20-22/h4,8,13,15,18H,2-3,5-7,9-12,14H2,1H3,(H,19,23). The van der Waals surface area contributed by atoms with E-state index in [9.17, 15) is 4.79 Å². The van der Waals surface area contributed by atoms with Crippen LogP contribution in [-0.2, 0) is 10.3 Å². The second-order valence-corrected chi connectivity index (χ2v) is 6.87. The van der Waals surface area contributed by atoms with E-state index in [1.165, 1.54) is 19.3 Å². The molecule has 0 bridgehead atoms. The maximum atomic E-state index is 12.9. The van der Waals surface area contributed by atoms with Gasteiger partial charge in [-0.25, -0.2) is 0 Å². The third kappa shape index (κ3) is 3.58. The zero-order valence-electron chi connectivity index (χ0n) is 14.1. The molecule has 0 saturated carbocycles. The Kier molecular flexibility index (Phi) is 5.33. The second-order valence-electron chi connectivity index (χ2n) is 6.87. The largest absolute Gasteiger partial charge is 0.353 e. The van der Waals surface area contributed by atoms with E-state index in [0.717, 1.165) is 45.6 Å². The SMILES string of the molecule is CC1CCCCN1CCNC(=O)C1(n2cccn2)CCNCC1. The number of carbonyl (C=O) groups excluding carboxylic acids is 1. The molecule has 0 aromatic carbocycles. The van der Waals surface area contributed by atoms with Crippen molar-refractivity contribution in [3.8, 4) is 0 Å². The fourth-order valence-electron chi connectivity index (χ4n) is 3.89. The van der Waals surface area contributed by atoms with E-state index in [2.05, 4.69) is 27.6 Å². The van der Waals surface area contributed by atoms with Crippen molar-refractivity contribution in [3.63, 3.8) is 0 Å². The van der Waals surface area contributed by atoms with Gasteiger partial charge in [0.2, 0.25) is 5.91 Å². The van der Waals surface area contributed by atoms with Crippen LogP contribution in [0.4, 0.5) is 0 Å². The van der Waals surface area contributed by atoms with E-state index in [1.807, 2.05) is 16.9 Å². The summed E-state index contributed by atoms with van der Waals surface area (Å²) in [5, 5.41) is 10.9. The number of nitrogens with one attached hydrogen (secondary N) is 2. The first-order valence-corrected chi connectivity index (χ1v) is 8.95. The molecular weight excluding hydrogens is 290 g/mol. The number of nitrogens with zero attached hydrogens (tertiary/aromatic N) is 3. The van der Waals surface area contributed by atoms with Crippen molar-refractivity contribution in [2.75, 3.05) is 32.7 Å². The van der Waals surface area contributed by atoms with E-state index in [0.29, 0.717) is 6.04 Å². The van der Waals surface area contributed by atoms with E-state index >= 15 is 0 Å². The molecule has 1 aromatic rings. The van der Waals surface area contributed by atoms with Gasteiger partial charge < -0.3 is 10.6 Å². The van der Waals surface area contributed by atoms with Gasteiger partial charge >= 0.3 is 0 Å². The van der Waals surface area contributed by atoms with Crippen LogP contribution in [0.15, 0.2) is 18.5 Å². The Balaban J connectivity index is 1.58. The predicted octanol–water partition coefficient (Wildman–Crippen LogP) is 0.952. The molecule has 128 valence electrons. The highest BCUT2D eigenvalue weighted by Gasteiger charge is 2.41. The molecule has 2 saturated heterocycles. The monoisotopic (exact) mass is 319 g/mol. The molecule has 2 aliphatic heterocycles. The summed E-state index contributed by atoms with van der Waals surface area (Å²) in [7, 11) is 0. The van der Waals surface area contributed by atoms with Crippen LogP contribution < -0.4 is 10.6 Å². The first kappa shape index (κ1) is 16.5. The maximum absolute atomic E-state index is 12.9. The summed E-state index contributed by atoms with van der Waals surface area (Å²) in [5.74, 6) is 0.118. The van der Waals surface area contributed by atoms with Crippen molar-refractivity contribution >= 4 is 5.91 Å². The summed E-state index contributed by atoms with van der Waals surface area (Å²) in [6.45, 7) is 6.83. The minimum atomic E-state index is -0.526. The average Bonchev–Trinajstić information content (AvgIpc) is 3.12. The third-order valence-corrected chi connectivity index (χ3v) is 5.42. The first-order chi connectivity index (χ1) is 11.2. The highest BCUT2D eigenvalue weighted by molar-refractivity contribution is 5.84. The smallest absolute Gasteiger partial charge is 0.248 e. The molecule has 23 heavy (non-hydrogen) atoms. The van der Waals surface area contributed by atoms with Crippen LogP contribution in [-0.4, -0.2) is 59.4 Å². The van der Waals surface area contributed by atoms with Gasteiger partial charge in [0.1, 0.15) is 5.54 Å². The van der Waals surface area contributed by atoms with Gasteiger partial charge in [-0.2, -0.15) is 5.10 Å². The van der Waals surface area contributed by atoms with E-state index in [1.54, 1.807) is 6.20 Å². The van der Waals surface area contributed by atoms with Gasteiger partial charge in [0, 0.05) is 31.5 Å². The van der Waals surface area contributed by atoms with Crippen LogP contribution in [0.25, 0.3) is 0 Å². The summed E-state index contributed by atoms with van der Waals surface area (Å²) in [6.07, 6.45) is 9.14. The van der Waals surface area contributed by atoms with Gasteiger partial charge in [-0.05, 0) is 58.3 Å². The molecule has 1 unspecified atom stereocenters. The Morgan fingerprint density at radius 2 is 2.22 bits per heavy atom. The van der Waals surface area contributed by atoms with Gasteiger partial charge in [0.05, 0.1) is 0 Å². The summed E-state index contributed by atoms with van der Waals surface area (Å²) in [5.41, 5.74) is -0.526. The van der Waals surface area contributed by atoms with Crippen molar-refractivity contribution in [2.24, 2.45) is 0 Å². The Morgan fingerprint density at radius 3 is 2.91 bits per heavy atom. The fraction of sp³-hybridized carbons (Fsp3) is 0.765. The minimum absolute atomic E-state index is 0.118. The lowest BCUT2D eigenvalue weighted by molar-refractivity contribution is -0.132. The quantitative estimate of drug-likeness (QED) is 0.848. The molecule has 2 fully saturated rings. The van der Waals surface area contributed by atoms with Gasteiger partial charge in [0.15, 0.2) is 0 Å². The molecule has 6 heteroatoms. The van der Waals surface area contributed by atoms with Crippen LogP contribution in [0.1, 0.15) is 39.0 Å². The fourth-order valence-corrected chi connectivity index (χ4v) is 3.89. The molecule has 0 spiro atoms. The minimum Gasteiger partial charge on any atom is -0.353 e. The molecule has 0 radical (unpaired) electrons. The van der Waals surface area contributed by atoms with Crippen molar-refractivity contribution in [3.05, 3.63) is 18.5 Å². The van der Waals surface area contributed by atoms with Crippen molar-refractivity contribution in [2.45, 2.75) is 50.6 Å². The Labute approximate surface area is 138 Å². The van der Waals surface area contributed by atoms with Gasteiger partial charge in [-0.1, -0.05) is 6.42 Å². The summed E-state index contributed by atoms with van der Waals surface area (Å²) in [6, 6.07) is 2.53. The van der Waals surface area contributed by atoms with Crippen LogP contribution in [0.3, 0.4) is 0 Å². The molecule has 6 nitrogen and oxygen atoms in total. The average molecular weight is 319 g/mol. The number of hydrogen-bond donors (Lipinski definition) is 2. The highest BCUT2D eigenvalue weighted by Crippen LogP contribution is 2.27. The highest BCUT2D eigenvalue weighted by atomic mass is 16.2. The molecule has 3 heterocycles. The summed E-state index contributed by atoms with van der Waals surface area (Å²) in [4.78, 5) is 15.4. The van der Waals surface area contributed by atoms with E-state index in [-0.39, 0.29) is 5.91 Å². The van der Waals surface area contributed by atoms with Crippen LogP contribution in [0.2, 0.25) is 0 Å². The maximum Gasteiger partial charge on any atom is 0.248 e. The lowest BCUT2D eigenvalue weighted by atomic mass is 9.87. The number of hydrogen-bond acceptors (Lipinski definition) is 4. The Morgan fingerprint density at radius 1 is 1.39 bits per heavy atom. The zero-order chi connectivity index (χ0) is 16.1. The topological polar surface area (TPSA) is 62.2 Å². The normalized spacial score (nSPS) is 25.2. The van der Waals surface area contributed by atoms with E-state index < -0.39 is 5.54 Å². The number of amides is 1. The molecule has 0 aliphatic carbocycles. The van der Waals surface area contributed by atoms with E-state index in [4.69, 9.17) is 0 Å². The molecular formula is C17H29N5O. The molecule has 1 atom stereocenters. The molecule has 3 rings (SSSR count). The van der Waals surface area contributed by atoms with Gasteiger partial charge in [-0.15, -0.1) is 0 Å². The Hall–Kier alpha value is -1.40. The molecule has 1 amide bonds. The summed E-state index contributed by atoms with van der Waals surface area (Å²) >= 11 is 0. The molecule has 2 N–H and O–H groups in total. The molecule has 1 aromatic heterocycles. The predicted molar refractivity (Wildman–Crippen MR) is 90.2 cm³/mol. The second kappa shape index (κ2) is 7.45. The first-order valence-electron chi connectivity index (χ1n) is 8.95. The third-order valence-electron chi connectivity index (χ3n) is 5.42. The van der Waals surface area contributed by atoms with Gasteiger partial charge in [-0.3, -0.25) is 14.4 Å². The Bertz CT molecular complexity index is 495. The number of rotatable bonds is 5. The van der Waals surface area contributed by atoms with Crippen LogP contribution >= 0.6 is 0 Å². The number of piperidine rings is 2. The lowest BCUT2D eigenvalue weighted by Crippen LogP contribution is -2.55. The van der Waals surface area contributed by atoms with Crippen molar-refractivity contribution < 1.29 is 4.79 Å². The number of likely N-dealkylation sites (tertiary alicyclic amines) is 1. The number of carbonyl (C=O) groups is 1. The van der Waals surface area contributed by atoms with Crippen LogP contribution in [0, 0.1) is 0 Å². The van der Waals surface area contributed by atoms with Crippen LogP contribution in [0.5, 0.6) is 0 Å². The summed E-state index contributed by atoms with van der Waals surface area (Å²) < 4.78 is 1.85. The number of aromatic nitrogens is 2. The van der Waals surface area contributed by atoms with Gasteiger partial charge in [0.25, 0.3) is 0 Å². The van der Waals surface area contributed by atoms with Crippen molar-refractivity contribution in [1.29, 1.82) is 0 Å². The zero-order valence-corrected chi connectivity index (χ0v) is 14.1. The van der Waals surface area contributed by atoms with Crippen molar-refractivity contribution in [1.82, 2.24) is 25.3 Å².